The molecular weight excluding hydrogens is 649 g/mol. The molecule has 4 aromatic rings. The lowest BCUT2D eigenvalue weighted by Gasteiger charge is -2.35. The summed E-state index contributed by atoms with van der Waals surface area (Å²) in [6, 6.07) is 21.7. The summed E-state index contributed by atoms with van der Waals surface area (Å²) in [6.07, 6.45) is 23.7. The van der Waals surface area contributed by atoms with E-state index in [2.05, 4.69) is 64.1 Å². The lowest BCUT2D eigenvalue weighted by Crippen LogP contribution is -2.29. The molecule has 1 aliphatic carbocycles. The first-order valence-corrected chi connectivity index (χ1v) is 21.3. The third-order valence-corrected chi connectivity index (χ3v) is 11.8. The normalized spacial score (nSPS) is 13.0. The largest absolute Gasteiger partial charge is 0.506 e. The zero-order valence-electron chi connectivity index (χ0n) is 33.5. The minimum atomic E-state index is -0.733. The van der Waals surface area contributed by atoms with E-state index in [1.807, 2.05) is 12.1 Å². The summed E-state index contributed by atoms with van der Waals surface area (Å²) in [4.78, 5) is 0. The second-order valence-corrected chi connectivity index (χ2v) is 15.9. The minimum Gasteiger partial charge on any atom is -0.506 e. The Morgan fingerprint density at radius 3 is 1.13 bits per heavy atom. The summed E-state index contributed by atoms with van der Waals surface area (Å²) in [7, 11) is 0. The van der Waals surface area contributed by atoms with E-state index >= 15 is 0 Å². The number of phenols is 2. The van der Waals surface area contributed by atoms with Gasteiger partial charge in [0.25, 0.3) is 0 Å². The highest BCUT2D eigenvalue weighted by molar-refractivity contribution is 5.91. The highest BCUT2D eigenvalue weighted by atomic mass is 16.3. The molecule has 0 saturated heterocycles. The van der Waals surface area contributed by atoms with Crippen LogP contribution in [0, 0.1) is 0 Å². The second kappa shape index (κ2) is 19.4. The Labute approximate surface area is 321 Å². The van der Waals surface area contributed by atoms with Crippen LogP contribution in [0.3, 0.4) is 0 Å². The fourth-order valence-corrected chi connectivity index (χ4v) is 8.91. The van der Waals surface area contributed by atoms with Crippen molar-refractivity contribution < 1.29 is 10.2 Å². The van der Waals surface area contributed by atoms with Crippen LogP contribution in [0.15, 0.2) is 60.7 Å². The average Bonchev–Trinajstić information content (AvgIpc) is 3.45. The third kappa shape index (κ3) is 9.07. The van der Waals surface area contributed by atoms with Crippen molar-refractivity contribution in [2.45, 2.75) is 162 Å². The van der Waals surface area contributed by atoms with Crippen LogP contribution in [0.5, 0.6) is 11.5 Å². The van der Waals surface area contributed by atoms with Gasteiger partial charge in [-0.25, -0.2) is 0 Å². The van der Waals surface area contributed by atoms with E-state index in [-0.39, 0.29) is 11.5 Å². The summed E-state index contributed by atoms with van der Waals surface area (Å²) in [5.41, 5.74) is 26.3. The summed E-state index contributed by atoms with van der Waals surface area (Å²) < 4.78 is 0. The van der Waals surface area contributed by atoms with Crippen LogP contribution in [-0.4, -0.2) is 10.2 Å². The average molecular weight is 717 g/mol. The number of phenolic OH excluding ortho intramolecular Hbond substituents is 2. The Kier molecular flexibility index (Phi) is 14.8. The van der Waals surface area contributed by atoms with E-state index in [9.17, 15) is 10.2 Å². The van der Waals surface area contributed by atoms with Crippen molar-refractivity contribution in [3.63, 3.8) is 0 Å². The molecule has 0 radical (unpaired) electrons. The lowest BCUT2D eigenvalue weighted by molar-refractivity contribution is 0.477. The van der Waals surface area contributed by atoms with Crippen LogP contribution in [0.1, 0.15) is 175 Å². The van der Waals surface area contributed by atoms with Gasteiger partial charge in [0.1, 0.15) is 11.5 Å². The number of fused-ring (bicyclic) bond motifs is 3. The third-order valence-electron chi connectivity index (χ3n) is 11.8. The Balaban J connectivity index is 1.88. The lowest BCUT2D eigenvalue weighted by atomic mass is 9.66. The molecule has 53 heavy (non-hydrogen) atoms. The van der Waals surface area contributed by atoms with E-state index in [0.29, 0.717) is 11.4 Å². The zero-order valence-corrected chi connectivity index (χ0v) is 33.5. The molecular formula is C49H68N2O2. The molecule has 0 saturated carbocycles. The van der Waals surface area contributed by atoms with Gasteiger partial charge in [0, 0.05) is 0 Å². The molecule has 0 aliphatic heterocycles. The van der Waals surface area contributed by atoms with Crippen molar-refractivity contribution in [3.8, 4) is 22.6 Å². The first-order chi connectivity index (χ1) is 25.8. The first kappa shape index (κ1) is 40.3. The fraction of sp³-hybridized carbons (Fsp3) is 0.510. The van der Waals surface area contributed by atoms with Crippen LogP contribution in [-0.2, 0) is 31.1 Å². The van der Waals surface area contributed by atoms with Gasteiger partial charge in [-0.05, 0) is 131 Å². The van der Waals surface area contributed by atoms with Crippen molar-refractivity contribution in [2.75, 3.05) is 11.5 Å². The molecule has 0 bridgehead atoms. The van der Waals surface area contributed by atoms with E-state index in [1.54, 1.807) is 12.1 Å². The molecule has 6 N–H and O–H groups in total. The number of nitrogens with two attached hydrogens (primary N) is 2. The van der Waals surface area contributed by atoms with Gasteiger partial charge in [0.2, 0.25) is 0 Å². The number of rotatable bonds is 22. The van der Waals surface area contributed by atoms with Crippen molar-refractivity contribution in [1.82, 2.24) is 0 Å². The molecule has 0 fully saturated rings. The predicted octanol–water partition coefficient (Wildman–Crippen LogP) is 13.1. The topological polar surface area (TPSA) is 92.5 Å². The summed E-state index contributed by atoms with van der Waals surface area (Å²) in [6.45, 7) is 9.13. The van der Waals surface area contributed by atoms with Gasteiger partial charge >= 0.3 is 0 Å². The number of hydrogen-bond donors (Lipinski definition) is 4. The van der Waals surface area contributed by atoms with Gasteiger partial charge in [-0.15, -0.1) is 0 Å². The number of hydrogen-bond acceptors (Lipinski definition) is 4. The molecule has 0 atom stereocenters. The van der Waals surface area contributed by atoms with Gasteiger partial charge in [0.05, 0.1) is 16.8 Å². The van der Waals surface area contributed by atoms with Crippen LogP contribution < -0.4 is 11.5 Å². The summed E-state index contributed by atoms with van der Waals surface area (Å²) >= 11 is 0. The highest BCUT2D eigenvalue weighted by Gasteiger charge is 2.48. The van der Waals surface area contributed by atoms with E-state index in [1.165, 1.54) is 147 Å². The Hall–Kier alpha value is -3.92. The maximum Gasteiger partial charge on any atom is 0.138 e. The Morgan fingerprint density at radius 2 is 0.792 bits per heavy atom. The zero-order chi connectivity index (χ0) is 37.8. The van der Waals surface area contributed by atoms with Crippen molar-refractivity contribution in [1.29, 1.82) is 0 Å². The molecule has 286 valence electrons. The standard InChI is InChI=1S/C49H68N2O2/c1-5-9-13-17-21-35-29-37(23-19-15-11-7-3)47-41(31-35)49(39-25-27-45(52)43(50)33-39,40-26-28-46(53)44(51)34-40)42-32-36(22-18-14-10-6-2)30-38(48(42)47)24-20-16-12-8-4/h25-34,52-53H,5-24,50-51H2,1-4H3. The number of aryl methyl sites for hydroxylation is 4. The van der Waals surface area contributed by atoms with E-state index < -0.39 is 5.41 Å². The van der Waals surface area contributed by atoms with Gasteiger partial charge in [-0.3, -0.25) is 0 Å². The smallest absolute Gasteiger partial charge is 0.138 e. The maximum absolute atomic E-state index is 10.8. The van der Waals surface area contributed by atoms with Gasteiger partial charge in [-0.1, -0.05) is 141 Å². The fourth-order valence-electron chi connectivity index (χ4n) is 8.91. The van der Waals surface area contributed by atoms with Crippen molar-refractivity contribution in [2.24, 2.45) is 0 Å². The molecule has 1 aliphatic rings. The number of benzene rings is 4. The minimum absolute atomic E-state index is 0.0927. The van der Waals surface area contributed by atoms with Crippen LogP contribution in [0.25, 0.3) is 11.1 Å². The summed E-state index contributed by atoms with van der Waals surface area (Å²) in [5.74, 6) is 0.185. The highest BCUT2D eigenvalue weighted by Crippen LogP contribution is 2.60. The van der Waals surface area contributed by atoms with Crippen molar-refractivity contribution in [3.05, 3.63) is 105 Å². The molecule has 0 unspecified atom stereocenters. The molecule has 5 rings (SSSR count). The van der Waals surface area contributed by atoms with E-state index in [0.717, 1.165) is 36.8 Å². The van der Waals surface area contributed by atoms with Gasteiger partial charge in [0.15, 0.2) is 0 Å². The van der Waals surface area contributed by atoms with Crippen LogP contribution in [0.2, 0.25) is 0 Å². The monoisotopic (exact) mass is 717 g/mol. The molecule has 4 aromatic carbocycles. The molecule has 4 nitrogen and oxygen atoms in total. The number of nitrogen functional groups attached to an aromatic ring is 2. The Morgan fingerprint density at radius 1 is 0.434 bits per heavy atom. The molecule has 0 heterocycles. The maximum atomic E-state index is 10.8. The number of anilines is 2. The predicted molar refractivity (Wildman–Crippen MR) is 227 cm³/mol. The molecule has 0 aromatic heterocycles. The Bertz CT molecular complexity index is 1660. The number of aromatic hydroxyl groups is 2. The molecule has 0 amide bonds. The van der Waals surface area contributed by atoms with Gasteiger partial charge in [-0.2, -0.15) is 0 Å². The van der Waals surface area contributed by atoms with E-state index in [4.69, 9.17) is 11.5 Å². The molecule has 4 heteroatoms. The van der Waals surface area contributed by atoms with Crippen LogP contribution >= 0.6 is 0 Å². The van der Waals surface area contributed by atoms with Crippen molar-refractivity contribution >= 4 is 11.4 Å². The quantitative estimate of drug-likeness (QED) is 0.0326. The second-order valence-electron chi connectivity index (χ2n) is 15.9. The first-order valence-electron chi connectivity index (χ1n) is 21.3. The van der Waals surface area contributed by atoms with Gasteiger partial charge < -0.3 is 21.7 Å². The number of unbranched alkanes of at least 4 members (excludes halogenated alkanes) is 12. The molecule has 0 spiro atoms. The summed E-state index contributed by atoms with van der Waals surface area (Å²) in [5, 5.41) is 21.5. The van der Waals surface area contributed by atoms with Crippen LogP contribution in [0.4, 0.5) is 11.4 Å². The SMILES string of the molecule is CCCCCCc1cc(CCCCCC)c2c(c1)C(c1ccc(O)c(N)c1)(c1ccc(O)c(N)c1)c1cc(CCCCCC)cc(CCCCCC)c1-2.